The maximum Gasteiger partial charge on any atom is 0.257 e. The summed E-state index contributed by atoms with van der Waals surface area (Å²) in [5.74, 6) is -0.391. The predicted octanol–water partition coefficient (Wildman–Crippen LogP) is 2.61. The van der Waals surface area contributed by atoms with E-state index in [4.69, 9.17) is 0 Å². The van der Waals surface area contributed by atoms with Crippen LogP contribution in [0.2, 0.25) is 0 Å². The van der Waals surface area contributed by atoms with Gasteiger partial charge in [-0.05, 0) is 28.1 Å². The third kappa shape index (κ3) is 2.57. The molecule has 1 amide bonds. The molecule has 0 bridgehead atoms. The van der Waals surface area contributed by atoms with Gasteiger partial charge in [-0.15, -0.1) is 13.2 Å². The van der Waals surface area contributed by atoms with Gasteiger partial charge in [0.2, 0.25) is 0 Å². The number of carbonyl (C=O) groups excluding carboxylic acids is 1. The molecule has 2 rings (SSSR count). The first-order chi connectivity index (χ1) is 9.08. The smallest absolute Gasteiger partial charge is 0.257 e. The minimum Gasteiger partial charge on any atom is -0.378 e. The number of hydrogen-bond acceptors (Lipinski definition) is 3. The molecule has 5 heteroatoms. The molecule has 0 saturated carbocycles. The van der Waals surface area contributed by atoms with Crippen molar-refractivity contribution in [2.24, 2.45) is 0 Å². The zero-order valence-corrected chi connectivity index (χ0v) is 12.0. The van der Waals surface area contributed by atoms with E-state index >= 15 is 0 Å². The summed E-state index contributed by atoms with van der Waals surface area (Å²) in [7, 11) is 0. The van der Waals surface area contributed by atoms with E-state index in [1.54, 1.807) is 18.2 Å². The molecule has 0 fully saturated rings. The zero-order chi connectivity index (χ0) is 14.0. The number of fused-ring (bicyclic) bond motifs is 1. The van der Waals surface area contributed by atoms with E-state index in [2.05, 4.69) is 39.3 Å². The summed E-state index contributed by atoms with van der Waals surface area (Å²) in [5.41, 5.74) is 2.17. The summed E-state index contributed by atoms with van der Waals surface area (Å²) in [6.07, 6.45) is 2.51. The van der Waals surface area contributed by atoms with Crippen LogP contribution in [0.15, 0.2) is 41.9 Å². The lowest BCUT2D eigenvalue weighted by Gasteiger charge is -2.23. The second-order valence-corrected chi connectivity index (χ2v) is 5.12. The molecule has 0 aromatic heterocycles. The third-order valence-electron chi connectivity index (χ3n) is 2.96. The van der Waals surface area contributed by atoms with E-state index in [1.165, 1.54) is 0 Å². The van der Waals surface area contributed by atoms with E-state index in [0.29, 0.717) is 24.3 Å². The van der Waals surface area contributed by atoms with Gasteiger partial charge in [-0.25, -0.2) is 0 Å². The van der Waals surface area contributed by atoms with Gasteiger partial charge in [0.05, 0.1) is 5.69 Å². The molecule has 0 saturated heterocycles. The van der Waals surface area contributed by atoms with Gasteiger partial charge < -0.3 is 15.3 Å². The molecule has 1 aromatic carbocycles. The average Bonchev–Trinajstić information content (AvgIpc) is 2.64. The minimum atomic E-state index is -1.09. The normalized spacial score (nSPS) is 16.7. The Morgan fingerprint density at radius 2 is 2.00 bits per heavy atom. The summed E-state index contributed by atoms with van der Waals surface area (Å²) >= 11 is 3.48. The number of aliphatic hydroxyl groups is 1. The molecule has 1 aliphatic heterocycles. The quantitative estimate of drug-likeness (QED) is 0.819. The molecule has 1 heterocycles. The number of benzene rings is 1. The van der Waals surface area contributed by atoms with E-state index in [0.717, 1.165) is 10.2 Å². The Bertz CT molecular complexity index is 532. The number of hydrogen-bond donors (Lipinski definition) is 2. The van der Waals surface area contributed by atoms with E-state index in [1.807, 2.05) is 6.07 Å². The van der Waals surface area contributed by atoms with Crippen LogP contribution in [-0.2, 0) is 4.79 Å². The number of rotatable bonds is 5. The molecular formula is C14H15BrN2O2. The Hall–Kier alpha value is -1.59. The van der Waals surface area contributed by atoms with Crippen molar-refractivity contribution in [3.05, 3.63) is 47.5 Å². The van der Waals surface area contributed by atoms with Crippen molar-refractivity contribution in [3.8, 4) is 0 Å². The summed E-state index contributed by atoms with van der Waals surface area (Å²) < 4.78 is 0.825. The van der Waals surface area contributed by atoms with Gasteiger partial charge in [0.1, 0.15) is 0 Å². The van der Waals surface area contributed by atoms with Gasteiger partial charge in [-0.2, -0.15) is 0 Å². The minimum absolute atomic E-state index is 0.391. The van der Waals surface area contributed by atoms with Crippen molar-refractivity contribution in [1.82, 2.24) is 0 Å². The second kappa shape index (κ2) is 5.59. The third-order valence-corrected chi connectivity index (χ3v) is 3.59. The first-order valence-electron chi connectivity index (χ1n) is 5.87. The van der Waals surface area contributed by atoms with Crippen LogP contribution in [0.25, 0.3) is 0 Å². The van der Waals surface area contributed by atoms with Crippen molar-refractivity contribution in [2.75, 3.05) is 23.3 Å². The molecule has 0 spiro atoms. The fourth-order valence-corrected chi connectivity index (χ4v) is 2.69. The van der Waals surface area contributed by atoms with E-state index < -0.39 is 12.0 Å². The molecule has 0 aliphatic carbocycles. The topological polar surface area (TPSA) is 52.6 Å². The summed E-state index contributed by atoms with van der Waals surface area (Å²) in [5, 5.41) is 12.4. The number of nitrogens with zero attached hydrogens (tertiary/aromatic N) is 1. The maximum absolute atomic E-state index is 11.5. The highest BCUT2D eigenvalue weighted by Gasteiger charge is 2.29. The first kappa shape index (κ1) is 13.8. The monoisotopic (exact) mass is 322 g/mol. The molecule has 1 unspecified atom stereocenters. The number of aliphatic hydroxyl groups excluding tert-OH is 1. The van der Waals surface area contributed by atoms with Crippen LogP contribution >= 0.6 is 15.9 Å². The van der Waals surface area contributed by atoms with Gasteiger partial charge in [-0.3, -0.25) is 4.79 Å². The molecule has 1 aromatic rings. The van der Waals surface area contributed by atoms with Crippen LogP contribution in [-0.4, -0.2) is 24.1 Å². The molecule has 1 aliphatic rings. The van der Waals surface area contributed by atoms with Gasteiger partial charge in [0.15, 0.2) is 6.10 Å². The van der Waals surface area contributed by atoms with Crippen LogP contribution in [0.5, 0.6) is 0 Å². The Labute approximate surface area is 120 Å². The van der Waals surface area contributed by atoms with E-state index in [9.17, 15) is 9.90 Å². The highest BCUT2D eigenvalue weighted by Crippen LogP contribution is 2.38. The lowest BCUT2D eigenvalue weighted by molar-refractivity contribution is -0.123. The molecule has 1 atom stereocenters. The fourth-order valence-electron chi connectivity index (χ4n) is 2.08. The fraction of sp³-hybridized carbons (Fsp3) is 0.214. The second-order valence-electron chi connectivity index (χ2n) is 4.26. The molecule has 2 N–H and O–H groups in total. The Kier molecular flexibility index (Phi) is 4.07. The van der Waals surface area contributed by atoms with Gasteiger partial charge in [0.25, 0.3) is 5.91 Å². The Morgan fingerprint density at radius 3 is 2.58 bits per heavy atom. The Morgan fingerprint density at radius 1 is 1.37 bits per heavy atom. The van der Waals surface area contributed by atoms with Crippen LogP contribution in [0, 0.1) is 0 Å². The van der Waals surface area contributed by atoms with Crippen LogP contribution in [0.4, 0.5) is 11.4 Å². The van der Waals surface area contributed by atoms with Crippen LogP contribution in [0.1, 0.15) is 11.7 Å². The predicted molar refractivity (Wildman–Crippen MR) is 80.3 cm³/mol. The average molecular weight is 323 g/mol. The molecule has 4 nitrogen and oxygen atoms in total. The van der Waals surface area contributed by atoms with Crippen molar-refractivity contribution in [2.45, 2.75) is 6.10 Å². The number of carbonyl (C=O) groups is 1. The molecule has 0 radical (unpaired) electrons. The summed E-state index contributed by atoms with van der Waals surface area (Å²) in [6, 6.07) is 3.62. The van der Waals surface area contributed by atoms with Crippen molar-refractivity contribution < 1.29 is 9.90 Å². The SMILES string of the molecule is C=CCN(CC=C)c1cc2c(cc1Br)C(O)C(=O)N2. The first-order valence-corrected chi connectivity index (χ1v) is 6.67. The largest absolute Gasteiger partial charge is 0.378 e. The van der Waals surface area contributed by atoms with Gasteiger partial charge in [-0.1, -0.05) is 12.2 Å². The molecule has 19 heavy (non-hydrogen) atoms. The lowest BCUT2D eigenvalue weighted by atomic mass is 10.1. The number of amides is 1. The number of halogens is 1. The highest BCUT2D eigenvalue weighted by molar-refractivity contribution is 9.10. The number of nitrogens with one attached hydrogen (secondary N) is 1. The Balaban J connectivity index is 2.42. The van der Waals surface area contributed by atoms with Crippen molar-refractivity contribution >= 4 is 33.2 Å². The zero-order valence-electron chi connectivity index (χ0n) is 10.4. The summed E-state index contributed by atoms with van der Waals surface area (Å²) in [4.78, 5) is 13.5. The highest BCUT2D eigenvalue weighted by atomic mass is 79.9. The number of anilines is 2. The standard InChI is InChI=1S/C14H15BrN2O2/c1-3-5-17(6-4-2)12-8-11-9(7-10(12)15)13(18)14(19)16-11/h3-4,7-8,13,18H,1-2,5-6H2,(H,16,19). The van der Waals surface area contributed by atoms with Crippen molar-refractivity contribution in [1.29, 1.82) is 0 Å². The maximum atomic E-state index is 11.5. The van der Waals surface area contributed by atoms with Gasteiger partial charge >= 0.3 is 0 Å². The van der Waals surface area contributed by atoms with Gasteiger partial charge in [0, 0.05) is 28.8 Å². The van der Waals surface area contributed by atoms with Crippen LogP contribution < -0.4 is 10.2 Å². The van der Waals surface area contributed by atoms with E-state index in [-0.39, 0.29) is 0 Å². The lowest BCUT2D eigenvalue weighted by Crippen LogP contribution is -2.23. The summed E-state index contributed by atoms with van der Waals surface area (Å²) in [6.45, 7) is 8.80. The molecule has 100 valence electrons. The van der Waals surface area contributed by atoms with Crippen molar-refractivity contribution in [3.63, 3.8) is 0 Å². The van der Waals surface area contributed by atoms with Crippen LogP contribution in [0.3, 0.4) is 0 Å². The molecular weight excluding hydrogens is 308 g/mol.